The van der Waals surface area contributed by atoms with Crippen LogP contribution in [-0.4, -0.2) is 13.1 Å². The first kappa shape index (κ1) is 13.6. The molecule has 2 aromatic rings. The van der Waals surface area contributed by atoms with Gasteiger partial charge in [-0.05, 0) is 18.2 Å². The number of ether oxygens (including phenoxy) is 1. The molecule has 1 heterocycles. The molecule has 0 radical (unpaired) electrons. The Balaban J connectivity index is 2.18. The van der Waals surface area contributed by atoms with Crippen LogP contribution in [0.1, 0.15) is 21.7 Å². The highest BCUT2D eigenvalue weighted by Crippen LogP contribution is 2.20. The monoisotopic (exact) mass is 274 g/mol. The minimum Gasteiger partial charge on any atom is -0.463 e. The summed E-state index contributed by atoms with van der Waals surface area (Å²) in [6, 6.07) is 7.68. The van der Waals surface area contributed by atoms with Crippen LogP contribution in [0.25, 0.3) is 0 Å². The largest absolute Gasteiger partial charge is 0.463 e. The lowest BCUT2D eigenvalue weighted by Gasteiger charge is -2.08. The molecule has 102 valence electrons. The molecule has 0 amide bonds. The number of hydrogen-bond acceptors (Lipinski definition) is 5. The van der Waals surface area contributed by atoms with Crippen molar-refractivity contribution in [2.75, 3.05) is 12.4 Å². The van der Waals surface area contributed by atoms with Crippen molar-refractivity contribution in [3.8, 4) is 6.07 Å². The molecule has 0 saturated heterocycles. The third-order valence-electron chi connectivity index (χ3n) is 2.71. The zero-order chi connectivity index (χ0) is 14.5. The van der Waals surface area contributed by atoms with Crippen molar-refractivity contribution >= 4 is 11.7 Å². The first-order valence-electron chi connectivity index (χ1n) is 5.74. The van der Waals surface area contributed by atoms with Crippen LogP contribution in [0.3, 0.4) is 0 Å². The average molecular weight is 274 g/mol. The number of esters is 1. The maximum absolute atomic E-state index is 13.4. The summed E-state index contributed by atoms with van der Waals surface area (Å²) in [6.45, 7) is 0.207. The molecule has 0 bridgehead atoms. The van der Waals surface area contributed by atoms with E-state index in [0.717, 1.165) is 0 Å². The number of carbonyl (C=O) groups excluding carboxylic acids is 1. The summed E-state index contributed by atoms with van der Waals surface area (Å²) in [4.78, 5) is 11.4. The summed E-state index contributed by atoms with van der Waals surface area (Å²) in [5.41, 5.74) is 0.838. The van der Waals surface area contributed by atoms with Gasteiger partial charge in [-0.3, -0.25) is 0 Å². The van der Waals surface area contributed by atoms with Gasteiger partial charge in [-0.1, -0.05) is 6.07 Å². The second kappa shape index (κ2) is 5.89. The lowest BCUT2D eigenvalue weighted by molar-refractivity contribution is 0.0563. The van der Waals surface area contributed by atoms with E-state index >= 15 is 0 Å². The Morgan fingerprint density at radius 1 is 1.50 bits per heavy atom. The Morgan fingerprint density at radius 3 is 3.00 bits per heavy atom. The zero-order valence-electron chi connectivity index (χ0n) is 10.6. The molecular formula is C14H11FN2O3. The van der Waals surface area contributed by atoms with Crippen molar-refractivity contribution < 1.29 is 18.3 Å². The number of carbonyl (C=O) groups is 1. The predicted molar refractivity (Wildman–Crippen MR) is 68.5 cm³/mol. The highest BCUT2D eigenvalue weighted by Gasteiger charge is 2.16. The Bertz CT molecular complexity index is 673. The number of benzene rings is 1. The van der Waals surface area contributed by atoms with Gasteiger partial charge < -0.3 is 14.5 Å². The van der Waals surface area contributed by atoms with Crippen LogP contribution in [0.15, 0.2) is 34.9 Å². The molecule has 0 fully saturated rings. The van der Waals surface area contributed by atoms with E-state index < -0.39 is 11.8 Å². The van der Waals surface area contributed by atoms with E-state index in [0.29, 0.717) is 11.3 Å². The summed E-state index contributed by atoms with van der Waals surface area (Å²) in [7, 11) is 1.25. The Morgan fingerprint density at radius 2 is 2.30 bits per heavy atom. The van der Waals surface area contributed by atoms with Crippen LogP contribution in [-0.2, 0) is 11.3 Å². The summed E-state index contributed by atoms with van der Waals surface area (Å²) < 4.78 is 23.0. The number of furan rings is 1. The van der Waals surface area contributed by atoms with Crippen LogP contribution < -0.4 is 5.32 Å². The second-order valence-electron chi connectivity index (χ2n) is 3.89. The fourth-order valence-corrected chi connectivity index (χ4v) is 1.72. The van der Waals surface area contributed by atoms with Gasteiger partial charge in [0, 0.05) is 12.1 Å². The standard InChI is InChI=1S/C14H11FN2O3/c1-19-14(18)13-9(5-6-20-13)8-17-12-4-2-3-11(15)10(12)7-16/h2-6,17H,8H2,1H3. The molecule has 0 aliphatic heterocycles. The van der Waals surface area contributed by atoms with Crippen LogP contribution >= 0.6 is 0 Å². The molecular weight excluding hydrogens is 263 g/mol. The Kier molecular flexibility index (Phi) is 4.01. The molecule has 6 heteroatoms. The van der Waals surface area contributed by atoms with Gasteiger partial charge in [0.15, 0.2) is 0 Å². The van der Waals surface area contributed by atoms with Crippen molar-refractivity contribution in [1.29, 1.82) is 5.26 Å². The SMILES string of the molecule is COC(=O)c1occc1CNc1cccc(F)c1C#N. The van der Waals surface area contributed by atoms with Gasteiger partial charge in [-0.15, -0.1) is 0 Å². The minimum atomic E-state index is -0.599. The predicted octanol–water partition coefficient (Wildman–Crippen LogP) is 2.69. The smallest absolute Gasteiger partial charge is 0.374 e. The van der Waals surface area contributed by atoms with E-state index in [1.54, 1.807) is 18.2 Å². The van der Waals surface area contributed by atoms with E-state index in [-0.39, 0.29) is 17.9 Å². The molecule has 0 aliphatic carbocycles. The van der Waals surface area contributed by atoms with Gasteiger partial charge in [0.25, 0.3) is 0 Å². The van der Waals surface area contributed by atoms with Gasteiger partial charge in [-0.25, -0.2) is 9.18 Å². The number of methoxy groups -OCH3 is 1. The molecule has 0 aliphatic rings. The number of halogens is 1. The van der Waals surface area contributed by atoms with Gasteiger partial charge >= 0.3 is 5.97 Å². The second-order valence-corrected chi connectivity index (χ2v) is 3.89. The molecule has 0 unspecified atom stereocenters. The summed E-state index contributed by atoms with van der Waals surface area (Å²) in [5.74, 6) is -1.11. The summed E-state index contributed by atoms with van der Waals surface area (Å²) >= 11 is 0. The van der Waals surface area contributed by atoms with Crippen LogP contribution in [0.5, 0.6) is 0 Å². The molecule has 0 saturated carbocycles. The van der Waals surface area contributed by atoms with Crippen molar-refractivity contribution in [2.24, 2.45) is 0 Å². The molecule has 1 aromatic carbocycles. The van der Waals surface area contributed by atoms with E-state index in [1.165, 1.54) is 25.5 Å². The number of nitrogens with one attached hydrogen (secondary N) is 1. The average Bonchev–Trinajstić information content (AvgIpc) is 2.92. The topological polar surface area (TPSA) is 75.3 Å². The van der Waals surface area contributed by atoms with Gasteiger partial charge in [0.2, 0.25) is 5.76 Å². The molecule has 0 spiro atoms. The Hall–Kier alpha value is -2.81. The van der Waals surface area contributed by atoms with Crippen molar-refractivity contribution in [3.05, 3.63) is 53.2 Å². The highest BCUT2D eigenvalue weighted by atomic mass is 19.1. The zero-order valence-corrected chi connectivity index (χ0v) is 10.6. The van der Waals surface area contributed by atoms with E-state index in [1.807, 2.05) is 0 Å². The maximum atomic E-state index is 13.4. The minimum absolute atomic E-state index is 0.0735. The van der Waals surface area contributed by atoms with Crippen LogP contribution in [0.4, 0.5) is 10.1 Å². The fraction of sp³-hybridized carbons (Fsp3) is 0.143. The molecule has 1 aromatic heterocycles. The van der Waals surface area contributed by atoms with E-state index in [9.17, 15) is 9.18 Å². The molecule has 1 N–H and O–H groups in total. The molecule has 2 rings (SSSR count). The summed E-state index contributed by atoms with van der Waals surface area (Å²) in [5, 5.41) is 11.8. The normalized spacial score (nSPS) is 9.85. The molecule has 20 heavy (non-hydrogen) atoms. The quantitative estimate of drug-likeness (QED) is 0.867. The van der Waals surface area contributed by atoms with Gasteiger partial charge in [0.05, 0.1) is 19.1 Å². The highest BCUT2D eigenvalue weighted by molar-refractivity contribution is 5.87. The number of nitrogens with zero attached hydrogens (tertiary/aromatic N) is 1. The fourth-order valence-electron chi connectivity index (χ4n) is 1.72. The first-order chi connectivity index (χ1) is 9.67. The van der Waals surface area contributed by atoms with Crippen molar-refractivity contribution in [1.82, 2.24) is 0 Å². The lowest BCUT2D eigenvalue weighted by Crippen LogP contribution is -2.07. The summed E-state index contributed by atoms with van der Waals surface area (Å²) in [6.07, 6.45) is 1.36. The number of rotatable bonds is 4. The Labute approximate surface area is 114 Å². The number of hydrogen-bond donors (Lipinski definition) is 1. The number of nitriles is 1. The van der Waals surface area contributed by atoms with Gasteiger partial charge in [0.1, 0.15) is 17.4 Å². The third-order valence-corrected chi connectivity index (χ3v) is 2.71. The first-order valence-corrected chi connectivity index (χ1v) is 5.74. The van der Waals surface area contributed by atoms with Gasteiger partial charge in [-0.2, -0.15) is 5.26 Å². The van der Waals surface area contributed by atoms with Crippen molar-refractivity contribution in [3.63, 3.8) is 0 Å². The van der Waals surface area contributed by atoms with Crippen molar-refractivity contribution in [2.45, 2.75) is 6.54 Å². The lowest BCUT2D eigenvalue weighted by atomic mass is 10.1. The van der Waals surface area contributed by atoms with E-state index in [4.69, 9.17) is 9.68 Å². The van der Waals surface area contributed by atoms with Crippen LogP contribution in [0.2, 0.25) is 0 Å². The number of anilines is 1. The maximum Gasteiger partial charge on any atom is 0.374 e. The molecule has 0 atom stereocenters. The third kappa shape index (κ3) is 2.62. The molecule has 5 nitrogen and oxygen atoms in total. The van der Waals surface area contributed by atoms with Crippen LogP contribution in [0, 0.1) is 17.1 Å². The van der Waals surface area contributed by atoms with E-state index in [2.05, 4.69) is 10.1 Å².